The Balaban J connectivity index is 1.92. The van der Waals surface area contributed by atoms with Crippen molar-refractivity contribution < 1.29 is 34.5 Å². The van der Waals surface area contributed by atoms with Gasteiger partial charge in [-0.25, -0.2) is 0 Å². The van der Waals surface area contributed by atoms with Crippen LogP contribution in [0.3, 0.4) is 0 Å². The lowest BCUT2D eigenvalue weighted by atomic mass is 9.79. The Bertz CT molecular complexity index is 1310. The van der Waals surface area contributed by atoms with Gasteiger partial charge >= 0.3 is 0 Å². The second-order valence-corrected chi connectivity index (χ2v) is 10.1. The molecule has 1 aliphatic carbocycles. The minimum atomic E-state index is -1.09. The molecule has 0 saturated heterocycles. The molecule has 3 unspecified atom stereocenters. The quantitative estimate of drug-likeness (QED) is 0.284. The smallest absolute Gasteiger partial charge is 0.228 e. The molecule has 4 N–H and O–H groups in total. The number of nitrogens with one attached hydrogen (secondary N) is 1. The number of aliphatic hydroxyl groups excluding tert-OH is 2. The van der Waals surface area contributed by atoms with Gasteiger partial charge < -0.3 is 20.6 Å². The fourth-order valence-corrected chi connectivity index (χ4v) is 4.72. The molecule has 0 saturated carbocycles. The Morgan fingerprint density at radius 1 is 1.08 bits per heavy atom. The van der Waals surface area contributed by atoms with Gasteiger partial charge in [0, 0.05) is 24.0 Å². The summed E-state index contributed by atoms with van der Waals surface area (Å²) in [5.41, 5.74) is 1.16. The van der Waals surface area contributed by atoms with Crippen LogP contribution >= 0.6 is 0 Å². The third kappa shape index (κ3) is 5.92. The number of aryl methyl sites for hydroxylation is 1. The molecule has 1 aromatic rings. The number of hydrogen-bond acceptors (Lipinski definition) is 7. The average Bonchev–Trinajstić information content (AvgIpc) is 3.01. The van der Waals surface area contributed by atoms with Crippen molar-refractivity contribution in [3.63, 3.8) is 0 Å². The van der Waals surface area contributed by atoms with E-state index in [-0.39, 0.29) is 58.0 Å². The molecular weight excluding hydrogens is 486 g/mol. The van der Waals surface area contributed by atoms with Crippen molar-refractivity contribution in [2.75, 3.05) is 0 Å². The van der Waals surface area contributed by atoms with E-state index < -0.39 is 35.5 Å². The van der Waals surface area contributed by atoms with Crippen LogP contribution in [0.5, 0.6) is 5.75 Å². The number of phenolic OH excluding ortho intramolecular Hbond substituents is 1. The van der Waals surface area contributed by atoms with E-state index in [1.165, 1.54) is 12.1 Å². The first kappa shape index (κ1) is 28.9. The number of amides is 1. The number of Topliss-reactive ketones (excluding diaryl/α,β-unsaturated/α-hetero) is 3. The summed E-state index contributed by atoms with van der Waals surface area (Å²) in [4.78, 5) is 52.6. The van der Waals surface area contributed by atoms with E-state index >= 15 is 0 Å². The van der Waals surface area contributed by atoms with Gasteiger partial charge in [0.05, 0.1) is 11.1 Å². The SMILES string of the molecule is CCC(C=CC(O)C(O)C=C(C)C)CCC(=O)c1c(O)c(C)cc2c1C(=O)C1=C(NC(=O)CC=C1C)C2=O. The normalized spacial score (nSPS) is 17.8. The highest BCUT2D eigenvalue weighted by atomic mass is 16.3. The van der Waals surface area contributed by atoms with E-state index in [4.69, 9.17) is 0 Å². The second-order valence-electron chi connectivity index (χ2n) is 10.1. The third-order valence-corrected chi connectivity index (χ3v) is 6.90. The van der Waals surface area contributed by atoms with Gasteiger partial charge in [0.15, 0.2) is 11.6 Å². The number of rotatable bonds is 9. The fraction of sp³-hybridized carbons (Fsp3) is 0.400. The number of carbonyl (C=O) groups excluding carboxylic acids is 4. The molecule has 3 rings (SSSR count). The topological polar surface area (TPSA) is 141 Å². The summed E-state index contributed by atoms with van der Waals surface area (Å²) in [5, 5.41) is 33.6. The predicted molar refractivity (Wildman–Crippen MR) is 143 cm³/mol. The van der Waals surface area contributed by atoms with Crippen LogP contribution in [0.2, 0.25) is 0 Å². The van der Waals surface area contributed by atoms with Crippen molar-refractivity contribution in [2.24, 2.45) is 5.92 Å². The number of allylic oxidation sites excluding steroid dienone is 5. The maximum absolute atomic E-state index is 13.6. The third-order valence-electron chi connectivity index (χ3n) is 6.90. The standard InChI is InChI=1S/C30H35NO7/c1-6-18(8-10-20(32)22(34)13-15(2)3)9-11-21(33)26-25-19(14-17(5)28(26)36)29(37)27-24(30(25)38)16(4)7-12-23(35)31-27/h7-8,10,13-14,18,20,22,32,34,36H,6,9,11-12H2,1-5H3,(H,31,35). The molecule has 38 heavy (non-hydrogen) atoms. The zero-order chi connectivity index (χ0) is 28.3. The summed E-state index contributed by atoms with van der Waals surface area (Å²) >= 11 is 0. The van der Waals surface area contributed by atoms with Crippen molar-refractivity contribution in [1.29, 1.82) is 0 Å². The monoisotopic (exact) mass is 521 g/mol. The van der Waals surface area contributed by atoms with Crippen LogP contribution in [0.15, 0.2) is 52.8 Å². The fourth-order valence-electron chi connectivity index (χ4n) is 4.72. The molecule has 0 radical (unpaired) electrons. The molecule has 8 nitrogen and oxygen atoms in total. The molecule has 0 fully saturated rings. The van der Waals surface area contributed by atoms with Crippen LogP contribution in [-0.2, 0) is 4.79 Å². The number of aromatic hydroxyl groups is 1. The maximum atomic E-state index is 13.6. The lowest BCUT2D eigenvalue weighted by Gasteiger charge is -2.24. The van der Waals surface area contributed by atoms with Crippen LogP contribution in [-0.4, -0.2) is 50.8 Å². The summed E-state index contributed by atoms with van der Waals surface area (Å²) in [6, 6.07) is 1.37. The number of ketones is 3. The molecule has 1 heterocycles. The summed E-state index contributed by atoms with van der Waals surface area (Å²) in [6.45, 7) is 8.73. The summed E-state index contributed by atoms with van der Waals surface area (Å²) in [5.74, 6) is -2.52. The van der Waals surface area contributed by atoms with Gasteiger partial charge in [0.1, 0.15) is 23.7 Å². The zero-order valence-corrected chi connectivity index (χ0v) is 22.4. The van der Waals surface area contributed by atoms with Gasteiger partial charge in [-0.2, -0.15) is 0 Å². The van der Waals surface area contributed by atoms with E-state index in [1.807, 2.05) is 20.8 Å². The molecule has 2 aliphatic rings. The summed E-state index contributed by atoms with van der Waals surface area (Å²) < 4.78 is 0. The minimum Gasteiger partial charge on any atom is -0.507 e. The Morgan fingerprint density at radius 2 is 1.76 bits per heavy atom. The van der Waals surface area contributed by atoms with E-state index in [1.54, 1.807) is 32.1 Å². The molecular formula is C30H35NO7. The van der Waals surface area contributed by atoms with Gasteiger partial charge in [-0.1, -0.05) is 36.8 Å². The molecule has 0 aromatic heterocycles. The van der Waals surface area contributed by atoms with Gasteiger partial charge in [0.25, 0.3) is 0 Å². The molecule has 3 atom stereocenters. The van der Waals surface area contributed by atoms with Crippen molar-refractivity contribution in [3.05, 3.63) is 75.0 Å². The molecule has 8 heteroatoms. The lowest BCUT2D eigenvalue weighted by Crippen LogP contribution is -2.34. The van der Waals surface area contributed by atoms with Crippen molar-refractivity contribution >= 4 is 23.3 Å². The highest BCUT2D eigenvalue weighted by Gasteiger charge is 2.39. The molecule has 0 spiro atoms. The Labute approximate surface area is 222 Å². The van der Waals surface area contributed by atoms with E-state index in [9.17, 15) is 34.5 Å². The van der Waals surface area contributed by atoms with Crippen LogP contribution in [0.25, 0.3) is 0 Å². The Hall–Kier alpha value is -3.62. The number of benzene rings is 1. The summed E-state index contributed by atoms with van der Waals surface area (Å²) in [7, 11) is 0. The molecule has 0 bridgehead atoms. The van der Waals surface area contributed by atoms with Crippen LogP contribution in [0.4, 0.5) is 0 Å². The van der Waals surface area contributed by atoms with Crippen molar-refractivity contribution in [2.45, 2.75) is 72.5 Å². The van der Waals surface area contributed by atoms with Gasteiger partial charge in [-0.05, 0) is 63.7 Å². The van der Waals surface area contributed by atoms with Crippen LogP contribution in [0.1, 0.15) is 90.0 Å². The van der Waals surface area contributed by atoms with E-state index in [2.05, 4.69) is 5.32 Å². The van der Waals surface area contributed by atoms with Crippen molar-refractivity contribution in [3.8, 4) is 5.75 Å². The highest BCUT2D eigenvalue weighted by molar-refractivity contribution is 6.32. The largest absolute Gasteiger partial charge is 0.507 e. The number of carbonyl (C=O) groups is 4. The highest BCUT2D eigenvalue weighted by Crippen LogP contribution is 2.38. The predicted octanol–water partition coefficient (Wildman–Crippen LogP) is 4.03. The molecule has 1 amide bonds. The average molecular weight is 522 g/mol. The molecule has 1 aromatic carbocycles. The van der Waals surface area contributed by atoms with Crippen LogP contribution < -0.4 is 5.32 Å². The zero-order valence-electron chi connectivity index (χ0n) is 22.4. The Kier molecular flexibility index (Phi) is 9.01. The minimum absolute atomic E-state index is 0.0117. The number of aliphatic hydroxyl groups is 2. The number of hydrogen-bond donors (Lipinski definition) is 4. The number of fused-ring (bicyclic) bond motifs is 1. The molecule has 202 valence electrons. The van der Waals surface area contributed by atoms with Crippen LogP contribution in [0, 0.1) is 12.8 Å². The van der Waals surface area contributed by atoms with E-state index in [0.29, 0.717) is 18.4 Å². The lowest BCUT2D eigenvalue weighted by molar-refractivity contribution is -0.119. The molecule has 1 aliphatic heterocycles. The Morgan fingerprint density at radius 3 is 2.39 bits per heavy atom. The number of phenols is 1. The maximum Gasteiger partial charge on any atom is 0.228 e. The first-order valence-corrected chi connectivity index (χ1v) is 12.8. The van der Waals surface area contributed by atoms with Gasteiger partial charge in [-0.3, -0.25) is 19.2 Å². The first-order chi connectivity index (χ1) is 17.9. The second kappa shape index (κ2) is 11.8. The van der Waals surface area contributed by atoms with Gasteiger partial charge in [-0.15, -0.1) is 0 Å². The summed E-state index contributed by atoms with van der Waals surface area (Å²) in [6.07, 6.45) is 5.25. The van der Waals surface area contributed by atoms with E-state index in [0.717, 1.165) is 5.57 Å². The van der Waals surface area contributed by atoms with Gasteiger partial charge in [0.2, 0.25) is 11.7 Å². The first-order valence-electron chi connectivity index (χ1n) is 12.8. The van der Waals surface area contributed by atoms with Crippen molar-refractivity contribution in [1.82, 2.24) is 5.32 Å².